The standard InChI is InChI=1S/C14H19F3N2O2.2ClH/c1-20-11-4-3-10(9-12(11)21-2)13(14(15,16)17)19-7-5-18-6-8-19;;/h3-4,9,13,18H,5-8H2,1-2H3;2*1H/t13-;;/m1../s1. The first kappa shape index (κ1) is 22.1. The molecule has 1 heterocycles. The van der Waals surface area contributed by atoms with Crippen LogP contribution in [-0.2, 0) is 0 Å². The first-order valence-electron chi connectivity index (χ1n) is 6.70. The molecule has 0 saturated carbocycles. The van der Waals surface area contributed by atoms with Crippen molar-refractivity contribution in [2.45, 2.75) is 12.2 Å². The van der Waals surface area contributed by atoms with Crippen molar-refractivity contribution in [1.82, 2.24) is 10.2 Å². The zero-order valence-electron chi connectivity index (χ0n) is 12.9. The highest BCUT2D eigenvalue weighted by atomic mass is 35.5. The van der Waals surface area contributed by atoms with E-state index in [1.54, 1.807) is 0 Å². The molecule has 1 aromatic rings. The normalized spacial score (nSPS) is 16.7. The third-order valence-electron chi connectivity index (χ3n) is 3.55. The quantitative estimate of drug-likeness (QED) is 0.875. The van der Waals surface area contributed by atoms with Crippen LogP contribution in [0.3, 0.4) is 0 Å². The van der Waals surface area contributed by atoms with Gasteiger partial charge in [0.25, 0.3) is 0 Å². The Hall–Kier alpha value is -0.890. The molecule has 0 bridgehead atoms. The summed E-state index contributed by atoms with van der Waals surface area (Å²) in [6.45, 7) is 1.83. The van der Waals surface area contributed by atoms with Gasteiger partial charge in [0.1, 0.15) is 6.04 Å². The summed E-state index contributed by atoms with van der Waals surface area (Å²) in [5, 5.41) is 3.06. The predicted molar refractivity (Wildman–Crippen MR) is 87.3 cm³/mol. The number of nitrogens with one attached hydrogen (secondary N) is 1. The number of nitrogens with zero attached hydrogens (tertiary/aromatic N) is 1. The van der Waals surface area contributed by atoms with E-state index in [4.69, 9.17) is 9.47 Å². The van der Waals surface area contributed by atoms with Crippen molar-refractivity contribution in [2.75, 3.05) is 40.4 Å². The topological polar surface area (TPSA) is 33.7 Å². The number of methoxy groups -OCH3 is 2. The molecule has 4 nitrogen and oxygen atoms in total. The molecule has 1 fully saturated rings. The van der Waals surface area contributed by atoms with E-state index in [1.165, 1.54) is 37.3 Å². The molecule has 0 amide bonds. The minimum Gasteiger partial charge on any atom is -0.493 e. The van der Waals surface area contributed by atoms with Gasteiger partial charge in [-0.3, -0.25) is 4.90 Å². The number of ether oxygens (including phenoxy) is 2. The van der Waals surface area contributed by atoms with E-state index >= 15 is 0 Å². The lowest BCUT2D eigenvalue weighted by Crippen LogP contribution is -2.49. The number of halogens is 5. The van der Waals surface area contributed by atoms with Gasteiger partial charge in [-0.05, 0) is 17.7 Å². The highest BCUT2D eigenvalue weighted by Crippen LogP contribution is 2.40. The number of hydrogen-bond donors (Lipinski definition) is 1. The van der Waals surface area contributed by atoms with E-state index in [1.807, 2.05) is 0 Å². The maximum absolute atomic E-state index is 13.5. The highest BCUT2D eigenvalue weighted by Gasteiger charge is 2.45. The molecule has 1 N–H and O–H groups in total. The van der Waals surface area contributed by atoms with Crippen molar-refractivity contribution in [1.29, 1.82) is 0 Å². The second-order valence-electron chi connectivity index (χ2n) is 4.84. The van der Waals surface area contributed by atoms with Crippen LogP contribution in [0.25, 0.3) is 0 Å². The number of rotatable bonds is 4. The molecule has 2 rings (SSSR count). The molecule has 134 valence electrons. The van der Waals surface area contributed by atoms with Crippen molar-refractivity contribution in [3.8, 4) is 11.5 Å². The predicted octanol–water partition coefficient (Wildman–Crippen LogP) is 3.06. The van der Waals surface area contributed by atoms with Gasteiger partial charge in [-0.15, -0.1) is 24.8 Å². The monoisotopic (exact) mass is 376 g/mol. The fourth-order valence-corrected chi connectivity index (χ4v) is 2.57. The molecule has 0 radical (unpaired) electrons. The van der Waals surface area contributed by atoms with Crippen LogP contribution >= 0.6 is 24.8 Å². The SMILES string of the molecule is COc1ccc([C@@H](N2CCNCC2)C(F)(F)F)cc1OC.Cl.Cl. The van der Waals surface area contributed by atoms with Crippen molar-refractivity contribution >= 4 is 24.8 Å². The number of piperazine rings is 1. The number of benzene rings is 1. The van der Waals surface area contributed by atoms with Crippen LogP contribution in [0.15, 0.2) is 18.2 Å². The second-order valence-corrected chi connectivity index (χ2v) is 4.84. The molecule has 1 aliphatic rings. The van der Waals surface area contributed by atoms with Gasteiger partial charge in [-0.2, -0.15) is 13.2 Å². The van der Waals surface area contributed by atoms with Gasteiger partial charge in [-0.1, -0.05) is 6.07 Å². The number of hydrogen-bond acceptors (Lipinski definition) is 4. The van der Waals surface area contributed by atoms with Crippen LogP contribution in [0.4, 0.5) is 13.2 Å². The Morgan fingerprint density at radius 2 is 1.61 bits per heavy atom. The lowest BCUT2D eigenvalue weighted by molar-refractivity contribution is -0.187. The Morgan fingerprint density at radius 3 is 2.09 bits per heavy atom. The molecule has 1 aromatic carbocycles. The maximum Gasteiger partial charge on any atom is 0.408 e. The van der Waals surface area contributed by atoms with Crippen LogP contribution in [0.1, 0.15) is 11.6 Å². The van der Waals surface area contributed by atoms with Crippen LogP contribution in [-0.4, -0.2) is 51.5 Å². The summed E-state index contributed by atoms with van der Waals surface area (Å²) in [5.41, 5.74) is 0.169. The minimum atomic E-state index is -4.34. The van der Waals surface area contributed by atoms with Gasteiger partial charge in [0.05, 0.1) is 14.2 Å². The summed E-state index contributed by atoms with van der Waals surface area (Å²) in [4.78, 5) is 1.44. The molecule has 9 heteroatoms. The van der Waals surface area contributed by atoms with E-state index < -0.39 is 12.2 Å². The maximum atomic E-state index is 13.5. The first-order chi connectivity index (χ1) is 9.97. The molecular formula is C14H21Cl2F3N2O2. The Kier molecular flexibility index (Phi) is 9.05. The van der Waals surface area contributed by atoms with E-state index in [0.29, 0.717) is 37.7 Å². The fraction of sp³-hybridized carbons (Fsp3) is 0.571. The second kappa shape index (κ2) is 9.42. The summed E-state index contributed by atoms with van der Waals surface area (Å²) >= 11 is 0. The molecule has 23 heavy (non-hydrogen) atoms. The summed E-state index contributed by atoms with van der Waals surface area (Å²) < 4.78 is 50.6. The van der Waals surface area contributed by atoms with Gasteiger partial charge in [-0.25, -0.2) is 0 Å². The Balaban J connectivity index is 0.00000242. The number of alkyl halides is 3. The molecule has 1 atom stereocenters. The van der Waals surface area contributed by atoms with Crippen LogP contribution in [0.5, 0.6) is 11.5 Å². The minimum absolute atomic E-state index is 0. The zero-order chi connectivity index (χ0) is 15.5. The molecule has 0 aromatic heterocycles. The smallest absolute Gasteiger partial charge is 0.408 e. The van der Waals surface area contributed by atoms with Crippen LogP contribution in [0.2, 0.25) is 0 Å². The van der Waals surface area contributed by atoms with Gasteiger partial charge in [0, 0.05) is 26.2 Å². The van der Waals surface area contributed by atoms with E-state index in [0.717, 1.165) is 0 Å². The fourth-order valence-electron chi connectivity index (χ4n) is 2.57. The lowest BCUT2D eigenvalue weighted by Gasteiger charge is -2.36. The van der Waals surface area contributed by atoms with E-state index in [2.05, 4.69) is 5.32 Å². The van der Waals surface area contributed by atoms with Crippen molar-refractivity contribution in [2.24, 2.45) is 0 Å². The van der Waals surface area contributed by atoms with Crippen molar-refractivity contribution in [3.05, 3.63) is 23.8 Å². The molecule has 1 saturated heterocycles. The Bertz CT molecular complexity index is 484. The molecular weight excluding hydrogens is 356 g/mol. The third kappa shape index (κ3) is 5.31. The molecule has 0 aliphatic carbocycles. The summed E-state index contributed by atoms with van der Waals surface area (Å²) in [7, 11) is 2.87. The molecule has 1 aliphatic heterocycles. The van der Waals surface area contributed by atoms with Crippen molar-refractivity contribution in [3.63, 3.8) is 0 Å². The van der Waals surface area contributed by atoms with Gasteiger partial charge in [0.15, 0.2) is 11.5 Å². The summed E-state index contributed by atoms with van der Waals surface area (Å²) in [6.07, 6.45) is -4.34. The van der Waals surface area contributed by atoms with Gasteiger partial charge < -0.3 is 14.8 Å². The van der Waals surface area contributed by atoms with Crippen LogP contribution in [0, 0.1) is 0 Å². The lowest BCUT2D eigenvalue weighted by atomic mass is 10.0. The largest absolute Gasteiger partial charge is 0.493 e. The zero-order valence-corrected chi connectivity index (χ0v) is 14.5. The highest BCUT2D eigenvalue weighted by molar-refractivity contribution is 5.85. The van der Waals surface area contributed by atoms with Crippen LogP contribution < -0.4 is 14.8 Å². The van der Waals surface area contributed by atoms with E-state index in [-0.39, 0.29) is 30.4 Å². The van der Waals surface area contributed by atoms with Gasteiger partial charge in [0.2, 0.25) is 0 Å². The molecule has 0 spiro atoms. The average Bonchev–Trinajstić information content (AvgIpc) is 2.47. The first-order valence-corrected chi connectivity index (χ1v) is 6.70. The summed E-state index contributed by atoms with van der Waals surface area (Å²) in [5.74, 6) is 0.724. The average molecular weight is 377 g/mol. The molecule has 0 unspecified atom stereocenters. The summed E-state index contributed by atoms with van der Waals surface area (Å²) in [6, 6.07) is 2.73. The van der Waals surface area contributed by atoms with Crippen molar-refractivity contribution < 1.29 is 22.6 Å². The Morgan fingerprint density at radius 1 is 1.04 bits per heavy atom. The third-order valence-corrected chi connectivity index (χ3v) is 3.55. The Labute approximate surface area is 146 Å². The van der Waals surface area contributed by atoms with Gasteiger partial charge >= 0.3 is 6.18 Å². The van der Waals surface area contributed by atoms with E-state index in [9.17, 15) is 13.2 Å².